The maximum absolute atomic E-state index is 11.1. The van der Waals surface area contributed by atoms with E-state index < -0.39 is 0 Å². The summed E-state index contributed by atoms with van der Waals surface area (Å²) in [5.74, 6) is 0.0919. The van der Waals surface area contributed by atoms with E-state index in [1.165, 1.54) is 0 Å². The van der Waals surface area contributed by atoms with Crippen LogP contribution in [0, 0.1) is 5.92 Å². The molecule has 4 nitrogen and oxygen atoms in total. The number of para-hydroxylation sites is 1. The SMILES string of the molecule is CC(COc1c(Br)cccc1CNC(C)(C)C)C(N)=O. The van der Waals surface area contributed by atoms with Gasteiger partial charge in [0.15, 0.2) is 0 Å². The van der Waals surface area contributed by atoms with E-state index in [2.05, 4.69) is 42.0 Å². The first-order valence-electron chi connectivity index (χ1n) is 6.65. The second kappa shape index (κ2) is 7.09. The third-order valence-corrected chi connectivity index (χ3v) is 3.45. The largest absolute Gasteiger partial charge is 0.491 e. The van der Waals surface area contributed by atoms with Gasteiger partial charge in [0.05, 0.1) is 17.0 Å². The number of amides is 1. The predicted molar refractivity (Wildman–Crippen MR) is 84.6 cm³/mol. The summed E-state index contributed by atoms with van der Waals surface area (Å²) in [6.07, 6.45) is 0. The minimum atomic E-state index is -0.355. The molecule has 0 aliphatic rings. The molecular formula is C15H23BrN2O2. The summed E-state index contributed by atoms with van der Waals surface area (Å²) in [6.45, 7) is 9.07. The van der Waals surface area contributed by atoms with Crippen molar-refractivity contribution in [1.29, 1.82) is 0 Å². The van der Waals surface area contributed by atoms with Crippen molar-refractivity contribution in [3.63, 3.8) is 0 Å². The topological polar surface area (TPSA) is 64.3 Å². The third-order valence-electron chi connectivity index (χ3n) is 2.82. The van der Waals surface area contributed by atoms with Gasteiger partial charge in [-0.2, -0.15) is 0 Å². The molecule has 112 valence electrons. The molecule has 0 aliphatic heterocycles. The Morgan fingerprint density at radius 1 is 1.45 bits per heavy atom. The molecule has 0 aromatic heterocycles. The van der Waals surface area contributed by atoms with Crippen LogP contribution < -0.4 is 15.8 Å². The number of hydrogen-bond donors (Lipinski definition) is 2. The van der Waals surface area contributed by atoms with Gasteiger partial charge >= 0.3 is 0 Å². The predicted octanol–water partition coefficient (Wildman–Crippen LogP) is 2.84. The quantitative estimate of drug-likeness (QED) is 0.835. The lowest BCUT2D eigenvalue weighted by atomic mass is 10.1. The first kappa shape index (κ1) is 17.0. The lowest BCUT2D eigenvalue weighted by Gasteiger charge is -2.22. The Balaban J connectivity index is 2.80. The number of benzene rings is 1. The van der Waals surface area contributed by atoms with Crippen molar-refractivity contribution in [2.45, 2.75) is 39.8 Å². The van der Waals surface area contributed by atoms with Gasteiger partial charge in [-0.3, -0.25) is 4.79 Å². The molecule has 0 spiro atoms. The highest BCUT2D eigenvalue weighted by Gasteiger charge is 2.15. The number of nitrogens with two attached hydrogens (primary N) is 1. The van der Waals surface area contributed by atoms with Crippen LogP contribution in [-0.2, 0) is 11.3 Å². The Morgan fingerprint density at radius 3 is 2.65 bits per heavy atom. The Labute approximate surface area is 129 Å². The minimum absolute atomic E-state index is 0.0279. The second-order valence-corrected chi connectivity index (χ2v) is 6.80. The summed E-state index contributed by atoms with van der Waals surface area (Å²) in [5.41, 5.74) is 6.32. The maximum atomic E-state index is 11.1. The Kier molecular flexibility index (Phi) is 6.02. The Hall–Kier alpha value is -1.07. The average Bonchev–Trinajstić information content (AvgIpc) is 2.33. The molecular weight excluding hydrogens is 320 g/mol. The third kappa shape index (κ3) is 5.51. The van der Waals surface area contributed by atoms with Crippen LogP contribution in [0.4, 0.5) is 0 Å². The molecule has 0 saturated carbocycles. The number of ether oxygens (including phenoxy) is 1. The minimum Gasteiger partial charge on any atom is -0.491 e. The molecule has 0 aliphatic carbocycles. The van der Waals surface area contributed by atoms with E-state index in [4.69, 9.17) is 10.5 Å². The maximum Gasteiger partial charge on any atom is 0.223 e. The van der Waals surface area contributed by atoms with Crippen LogP contribution in [0.5, 0.6) is 5.75 Å². The zero-order valence-electron chi connectivity index (χ0n) is 12.5. The van der Waals surface area contributed by atoms with Gasteiger partial charge in [0.25, 0.3) is 0 Å². The number of rotatable bonds is 6. The second-order valence-electron chi connectivity index (χ2n) is 5.95. The molecule has 5 heteroatoms. The van der Waals surface area contributed by atoms with Gasteiger partial charge in [-0.1, -0.05) is 19.1 Å². The van der Waals surface area contributed by atoms with Gasteiger partial charge in [-0.05, 0) is 42.8 Å². The molecule has 0 bridgehead atoms. The number of primary amides is 1. The van der Waals surface area contributed by atoms with Gasteiger partial charge < -0.3 is 15.8 Å². The van der Waals surface area contributed by atoms with Gasteiger partial charge in [0, 0.05) is 17.6 Å². The molecule has 0 radical (unpaired) electrons. The zero-order valence-corrected chi connectivity index (χ0v) is 14.1. The Morgan fingerprint density at radius 2 is 2.10 bits per heavy atom. The van der Waals surface area contributed by atoms with E-state index in [0.717, 1.165) is 15.8 Å². The fraction of sp³-hybridized carbons (Fsp3) is 0.533. The fourth-order valence-electron chi connectivity index (χ4n) is 1.51. The molecule has 0 heterocycles. The van der Waals surface area contributed by atoms with Crippen molar-refractivity contribution in [2.24, 2.45) is 11.7 Å². The molecule has 1 aromatic carbocycles. The van der Waals surface area contributed by atoms with Crippen LogP contribution in [0.3, 0.4) is 0 Å². The smallest absolute Gasteiger partial charge is 0.223 e. The van der Waals surface area contributed by atoms with Gasteiger partial charge in [0.2, 0.25) is 5.91 Å². The molecule has 3 N–H and O–H groups in total. The van der Waals surface area contributed by atoms with Crippen LogP contribution in [0.15, 0.2) is 22.7 Å². The monoisotopic (exact) mass is 342 g/mol. The average molecular weight is 343 g/mol. The highest BCUT2D eigenvalue weighted by Crippen LogP contribution is 2.29. The summed E-state index contributed by atoms with van der Waals surface area (Å²) < 4.78 is 6.65. The van der Waals surface area contributed by atoms with Crippen LogP contribution in [0.1, 0.15) is 33.3 Å². The number of hydrogen-bond acceptors (Lipinski definition) is 3. The van der Waals surface area contributed by atoms with E-state index in [9.17, 15) is 4.79 Å². The molecule has 0 saturated heterocycles. The highest BCUT2D eigenvalue weighted by atomic mass is 79.9. The fourth-order valence-corrected chi connectivity index (χ4v) is 2.03. The van der Waals surface area contributed by atoms with Crippen molar-refractivity contribution >= 4 is 21.8 Å². The van der Waals surface area contributed by atoms with E-state index in [1.54, 1.807) is 6.92 Å². The normalized spacial score (nSPS) is 13.1. The lowest BCUT2D eigenvalue weighted by molar-refractivity contribution is -0.122. The van der Waals surface area contributed by atoms with Gasteiger partial charge in [0.1, 0.15) is 5.75 Å². The molecule has 0 fully saturated rings. The van der Waals surface area contributed by atoms with E-state index >= 15 is 0 Å². The molecule has 1 unspecified atom stereocenters. The summed E-state index contributed by atoms with van der Waals surface area (Å²) in [7, 11) is 0. The van der Waals surface area contributed by atoms with Crippen molar-refractivity contribution in [1.82, 2.24) is 5.32 Å². The number of carbonyl (C=O) groups is 1. The lowest BCUT2D eigenvalue weighted by Crippen LogP contribution is -2.35. The van der Waals surface area contributed by atoms with Gasteiger partial charge in [-0.25, -0.2) is 0 Å². The van der Waals surface area contributed by atoms with Crippen molar-refractivity contribution in [3.8, 4) is 5.75 Å². The van der Waals surface area contributed by atoms with Gasteiger partial charge in [-0.15, -0.1) is 0 Å². The molecule has 1 aromatic rings. The summed E-state index contributed by atoms with van der Waals surface area (Å²) in [5, 5.41) is 3.42. The molecule has 1 amide bonds. The summed E-state index contributed by atoms with van der Waals surface area (Å²) in [4.78, 5) is 11.1. The summed E-state index contributed by atoms with van der Waals surface area (Å²) >= 11 is 3.49. The van der Waals surface area contributed by atoms with Crippen LogP contribution in [-0.4, -0.2) is 18.1 Å². The first-order chi connectivity index (χ1) is 9.20. The van der Waals surface area contributed by atoms with Crippen molar-refractivity contribution in [3.05, 3.63) is 28.2 Å². The van der Waals surface area contributed by atoms with Crippen LogP contribution in [0.25, 0.3) is 0 Å². The zero-order chi connectivity index (χ0) is 15.3. The number of carbonyl (C=O) groups excluding carboxylic acids is 1. The van der Waals surface area contributed by atoms with Crippen molar-refractivity contribution < 1.29 is 9.53 Å². The van der Waals surface area contributed by atoms with E-state index in [0.29, 0.717) is 6.54 Å². The standard InChI is InChI=1S/C15H23BrN2O2/c1-10(14(17)19)9-20-13-11(6-5-7-12(13)16)8-18-15(2,3)4/h5-7,10,18H,8-9H2,1-4H3,(H2,17,19). The molecule has 20 heavy (non-hydrogen) atoms. The van der Waals surface area contributed by atoms with E-state index in [1.807, 2.05) is 18.2 Å². The molecule has 1 rings (SSSR count). The van der Waals surface area contributed by atoms with Crippen LogP contribution >= 0.6 is 15.9 Å². The van der Waals surface area contributed by atoms with E-state index in [-0.39, 0.29) is 24.0 Å². The highest BCUT2D eigenvalue weighted by molar-refractivity contribution is 9.10. The molecule has 1 atom stereocenters. The number of halogens is 1. The number of nitrogens with one attached hydrogen (secondary N) is 1. The Bertz CT molecular complexity index is 469. The first-order valence-corrected chi connectivity index (χ1v) is 7.44. The van der Waals surface area contributed by atoms with Crippen molar-refractivity contribution in [2.75, 3.05) is 6.61 Å². The van der Waals surface area contributed by atoms with Crippen LogP contribution in [0.2, 0.25) is 0 Å². The summed E-state index contributed by atoms with van der Waals surface area (Å²) in [6, 6.07) is 5.90.